The molecule has 0 spiro atoms. The number of amides is 1. The summed E-state index contributed by atoms with van der Waals surface area (Å²) in [5, 5.41) is 31.4. The van der Waals surface area contributed by atoms with Crippen LogP contribution in [0.4, 0.5) is 0 Å². The van der Waals surface area contributed by atoms with Gasteiger partial charge in [-0.25, -0.2) is 0 Å². The fraction of sp³-hybridized carbons (Fsp3) is 0.867. The van der Waals surface area contributed by atoms with E-state index in [2.05, 4.69) is 5.32 Å². The Morgan fingerprint density at radius 2 is 1.92 bits per heavy atom. The van der Waals surface area contributed by atoms with Gasteiger partial charge >= 0.3 is 5.97 Å². The third-order valence-electron chi connectivity index (χ3n) is 3.61. The van der Waals surface area contributed by atoms with Crippen LogP contribution in [0.3, 0.4) is 0 Å². The number of aliphatic hydroxyl groups excluding tert-OH is 2. The quantitative estimate of drug-likeness (QED) is 0.378. The molecule has 4 N–H and O–H groups in total. The minimum Gasteiger partial charge on any atom is -0.481 e. The Kier molecular flexibility index (Phi) is 9.16. The summed E-state index contributed by atoms with van der Waals surface area (Å²) in [6.07, 6.45) is -3.04. The largest absolute Gasteiger partial charge is 0.481 e. The van der Waals surface area contributed by atoms with Gasteiger partial charge in [0.25, 0.3) is 0 Å². The maximum atomic E-state index is 11.2. The molecule has 0 aromatic carbocycles. The third kappa shape index (κ3) is 6.70. The first-order chi connectivity index (χ1) is 11.4. The van der Waals surface area contributed by atoms with Crippen LogP contribution in [0.2, 0.25) is 0 Å². The SMILES string of the molecule is CCO[C@H]1O[C@H](COCCCCC(=O)O)[C@H](O)[C@H](O)[C@H]1NC(C)=O. The van der Waals surface area contributed by atoms with Crippen molar-refractivity contribution in [3.63, 3.8) is 0 Å². The molecule has 0 aromatic heterocycles. The molecule has 1 saturated heterocycles. The molecule has 0 unspecified atom stereocenters. The molecule has 0 radical (unpaired) electrons. The zero-order valence-electron chi connectivity index (χ0n) is 14.0. The van der Waals surface area contributed by atoms with Crippen LogP contribution in [0.1, 0.15) is 33.1 Å². The molecule has 9 heteroatoms. The van der Waals surface area contributed by atoms with E-state index in [-0.39, 0.29) is 18.9 Å². The molecule has 9 nitrogen and oxygen atoms in total. The average Bonchev–Trinajstić information content (AvgIpc) is 2.51. The molecule has 1 fully saturated rings. The molecule has 1 amide bonds. The van der Waals surface area contributed by atoms with E-state index in [0.717, 1.165) is 0 Å². The molecular formula is C15H27NO8. The highest BCUT2D eigenvalue weighted by Crippen LogP contribution is 2.22. The number of carboxylic acids is 1. The number of ether oxygens (including phenoxy) is 3. The number of unbranched alkanes of at least 4 members (excludes halogenated alkanes) is 1. The van der Waals surface area contributed by atoms with Crippen molar-refractivity contribution in [3.8, 4) is 0 Å². The lowest BCUT2D eigenvalue weighted by molar-refractivity contribution is -0.271. The smallest absolute Gasteiger partial charge is 0.303 e. The summed E-state index contributed by atoms with van der Waals surface area (Å²) >= 11 is 0. The van der Waals surface area contributed by atoms with Gasteiger partial charge in [-0.1, -0.05) is 0 Å². The summed E-state index contributed by atoms with van der Waals surface area (Å²) in [6.45, 7) is 3.71. The summed E-state index contributed by atoms with van der Waals surface area (Å²) in [4.78, 5) is 21.6. The van der Waals surface area contributed by atoms with Crippen molar-refractivity contribution < 1.29 is 39.1 Å². The molecule has 1 aliphatic rings. The molecule has 1 heterocycles. The number of hydrogen-bond donors (Lipinski definition) is 4. The summed E-state index contributed by atoms with van der Waals surface area (Å²) in [5.41, 5.74) is 0. The Balaban J connectivity index is 2.48. The number of carbonyl (C=O) groups excluding carboxylic acids is 1. The normalized spacial score (nSPS) is 30.1. The Morgan fingerprint density at radius 1 is 1.21 bits per heavy atom. The maximum Gasteiger partial charge on any atom is 0.303 e. The van der Waals surface area contributed by atoms with Crippen molar-refractivity contribution >= 4 is 11.9 Å². The highest BCUT2D eigenvalue weighted by Gasteiger charge is 2.45. The van der Waals surface area contributed by atoms with Crippen molar-refractivity contribution in [2.45, 2.75) is 63.8 Å². The number of hydrogen-bond acceptors (Lipinski definition) is 7. The lowest BCUT2D eigenvalue weighted by atomic mass is 9.97. The number of carboxylic acid groups (broad SMARTS) is 1. The van der Waals surface area contributed by atoms with Crippen molar-refractivity contribution in [1.82, 2.24) is 5.32 Å². The van der Waals surface area contributed by atoms with E-state index < -0.39 is 36.6 Å². The second kappa shape index (κ2) is 10.6. The Bertz CT molecular complexity index is 405. The summed E-state index contributed by atoms with van der Waals surface area (Å²) in [7, 11) is 0. The van der Waals surface area contributed by atoms with Gasteiger partial charge in [0.2, 0.25) is 5.91 Å². The Morgan fingerprint density at radius 3 is 2.50 bits per heavy atom. The molecule has 5 atom stereocenters. The highest BCUT2D eigenvalue weighted by molar-refractivity contribution is 5.73. The molecule has 0 saturated carbocycles. The summed E-state index contributed by atoms with van der Waals surface area (Å²) in [6, 6.07) is -0.871. The van der Waals surface area contributed by atoms with Crippen LogP contribution in [0.5, 0.6) is 0 Å². The Hall–Kier alpha value is -1.26. The number of aliphatic carboxylic acids is 1. The van der Waals surface area contributed by atoms with Gasteiger partial charge in [-0.15, -0.1) is 0 Å². The minimum absolute atomic E-state index is 0.0294. The number of carbonyl (C=O) groups is 2. The van der Waals surface area contributed by atoms with E-state index in [1.807, 2.05) is 0 Å². The predicted octanol–water partition coefficient (Wildman–Crippen LogP) is -0.754. The lowest BCUT2D eigenvalue weighted by Crippen LogP contribution is -2.64. The maximum absolute atomic E-state index is 11.2. The molecule has 1 rings (SSSR count). The fourth-order valence-electron chi connectivity index (χ4n) is 2.44. The van der Waals surface area contributed by atoms with Gasteiger partial charge in [-0.3, -0.25) is 9.59 Å². The molecule has 0 bridgehead atoms. The topological polar surface area (TPSA) is 135 Å². The fourth-order valence-corrected chi connectivity index (χ4v) is 2.44. The summed E-state index contributed by atoms with van der Waals surface area (Å²) in [5.74, 6) is -1.22. The van der Waals surface area contributed by atoms with E-state index in [9.17, 15) is 19.8 Å². The van der Waals surface area contributed by atoms with Crippen molar-refractivity contribution in [2.75, 3.05) is 19.8 Å². The van der Waals surface area contributed by atoms with Crippen LogP contribution in [0.25, 0.3) is 0 Å². The molecule has 140 valence electrons. The van der Waals surface area contributed by atoms with Gasteiger partial charge in [0, 0.05) is 26.6 Å². The van der Waals surface area contributed by atoms with E-state index in [4.69, 9.17) is 19.3 Å². The van der Waals surface area contributed by atoms with E-state index in [0.29, 0.717) is 26.1 Å². The van der Waals surface area contributed by atoms with Crippen molar-refractivity contribution in [3.05, 3.63) is 0 Å². The zero-order valence-corrected chi connectivity index (χ0v) is 14.0. The molecule has 1 aliphatic heterocycles. The van der Waals surface area contributed by atoms with Gasteiger partial charge in [-0.05, 0) is 19.8 Å². The van der Waals surface area contributed by atoms with Gasteiger partial charge in [0.15, 0.2) is 6.29 Å². The number of rotatable bonds is 10. The number of aliphatic hydroxyl groups is 2. The number of nitrogens with one attached hydrogen (secondary N) is 1. The van der Waals surface area contributed by atoms with Crippen LogP contribution in [-0.4, -0.2) is 77.7 Å². The molecular weight excluding hydrogens is 322 g/mol. The van der Waals surface area contributed by atoms with Gasteiger partial charge in [-0.2, -0.15) is 0 Å². The second-order valence-corrected chi connectivity index (χ2v) is 5.63. The van der Waals surface area contributed by atoms with Crippen molar-refractivity contribution in [1.29, 1.82) is 0 Å². The zero-order chi connectivity index (χ0) is 18.1. The predicted molar refractivity (Wildman–Crippen MR) is 82.2 cm³/mol. The van der Waals surface area contributed by atoms with E-state index in [1.54, 1.807) is 6.92 Å². The third-order valence-corrected chi connectivity index (χ3v) is 3.61. The first-order valence-corrected chi connectivity index (χ1v) is 8.06. The van der Waals surface area contributed by atoms with Crippen LogP contribution >= 0.6 is 0 Å². The van der Waals surface area contributed by atoms with Crippen molar-refractivity contribution in [2.24, 2.45) is 0 Å². The molecule has 0 aromatic rings. The van der Waals surface area contributed by atoms with Gasteiger partial charge < -0.3 is 34.8 Å². The highest BCUT2D eigenvalue weighted by atomic mass is 16.7. The average molecular weight is 349 g/mol. The van der Waals surface area contributed by atoms with Gasteiger partial charge in [0.05, 0.1) is 6.61 Å². The van der Waals surface area contributed by atoms with Gasteiger partial charge in [0.1, 0.15) is 24.4 Å². The van der Waals surface area contributed by atoms with Crippen LogP contribution < -0.4 is 5.32 Å². The monoisotopic (exact) mass is 349 g/mol. The van der Waals surface area contributed by atoms with E-state index >= 15 is 0 Å². The summed E-state index contributed by atoms with van der Waals surface area (Å²) < 4.78 is 16.4. The van der Waals surface area contributed by atoms with E-state index in [1.165, 1.54) is 6.92 Å². The standard InChI is InChI=1S/C15H27NO8/c1-3-23-15-12(16-9(2)17)14(21)13(20)10(24-15)8-22-7-5-4-6-11(18)19/h10,12-15,20-21H,3-8H2,1-2H3,(H,16,17)(H,18,19)/t10-,12-,13+,14-,15+/m1/s1. The lowest BCUT2D eigenvalue weighted by Gasteiger charge is -2.42. The first-order valence-electron chi connectivity index (χ1n) is 8.06. The van der Waals surface area contributed by atoms with Crippen LogP contribution in [0.15, 0.2) is 0 Å². The van der Waals surface area contributed by atoms with Crippen LogP contribution in [0, 0.1) is 0 Å². The minimum atomic E-state index is -1.25. The second-order valence-electron chi connectivity index (χ2n) is 5.63. The Labute approximate surface area is 140 Å². The first kappa shape index (κ1) is 20.8. The van der Waals surface area contributed by atoms with Crippen LogP contribution in [-0.2, 0) is 23.8 Å². The molecule has 0 aliphatic carbocycles. The molecule has 24 heavy (non-hydrogen) atoms.